The van der Waals surface area contributed by atoms with Crippen LogP contribution in [-0.2, 0) is 6.18 Å². The third-order valence-corrected chi connectivity index (χ3v) is 2.10. The van der Waals surface area contributed by atoms with Gasteiger partial charge in [-0.25, -0.2) is 4.98 Å². The average molecular weight is 232 g/mol. The zero-order chi connectivity index (χ0) is 12.2. The molecule has 1 rings (SSSR count). The zero-order valence-electron chi connectivity index (χ0n) is 9.30. The smallest absolute Gasteiger partial charge is 0.384 e. The van der Waals surface area contributed by atoms with Crippen molar-refractivity contribution in [3.63, 3.8) is 0 Å². The van der Waals surface area contributed by atoms with Crippen LogP contribution >= 0.6 is 0 Å². The maximum absolute atomic E-state index is 12.2. The van der Waals surface area contributed by atoms with Crippen LogP contribution in [0.4, 0.5) is 18.9 Å². The summed E-state index contributed by atoms with van der Waals surface area (Å²) >= 11 is 0. The van der Waals surface area contributed by atoms with Crippen LogP contribution < -0.4 is 5.32 Å². The Hall–Kier alpha value is -1.26. The maximum Gasteiger partial charge on any atom is 0.433 e. The van der Waals surface area contributed by atoms with Crippen LogP contribution in [0.25, 0.3) is 0 Å². The molecular weight excluding hydrogens is 217 g/mol. The second-order valence-corrected chi connectivity index (χ2v) is 4.04. The molecule has 0 aliphatic carbocycles. The van der Waals surface area contributed by atoms with Gasteiger partial charge in [-0.15, -0.1) is 0 Å². The first-order chi connectivity index (χ1) is 7.39. The summed E-state index contributed by atoms with van der Waals surface area (Å²) in [5.74, 6) is 0.565. The number of pyridine rings is 1. The third-order valence-electron chi connectivity index (χ3n) is 2.10. The largest absolute Gasteiger partial charge is 0.433 e. The lowest BCUT2D eigenvalue weighted by atomic mass is 10.1. The highest BCUT2D eigenvalue weighted by molar-refractivity contribution is 5.41. The molecule has 0 aromatic carbocycles. The molecule has 0 saturated heterocycles. The van der Waals surface area contributed by atoms with Crippen LogP contribution in [-0.4, -0.2) is 11.5 Å². The second kappa shape index (κ2) is 5.18. The molecule has 0 saturated carbocycles. The molecule has 0 amide bonds. The van der Waals surface area contributed by atoms with Crippen molar-refractivity contribution < 1.29 is 13.2 Å². The van der Waals surface area contributed by atoms with E-state index in [1.165, 1.54) is 12.3 Å². The quantitative estimate of drug-likeness (QED) is 0.858. The first-order valence-electron chi connectivity index (χ1n) is 5.16. The van der Waals surface area contributed by atoms with Gasteiger partial charge < -0.3 is 5.32 Å². The van der Waals surface area contributed by atoms with Crippen LogP contribution in [0.1, 0.15) is 26.0 Å². The van der Waals surface area contributed by atoms with E-state index in [2.05, 4.69) is 24.1 Å². The molecule has 5 heteroatoms. The van der Waals surface area contributed by atoms with Gasteiger partial charge in [0.1, 0.15) is 5.69 Å². The number of nitrogens with one attached hydrogen (secondary N) is 1. The zero-order valence-corrected chi connectivity index (χ0v) is 9.30. The Kier molecular flexibility index (Phi) is 4.15. The fourth-order valence-electron chi connectivity index (χ4n) is 1.17. The Morgan fingerprint density at radius 2 is 2.00 bits per heavy atom. The molecule has 0 spiro atoms. The predicted octanol–water partition coefficient (Wildman–Crippen LogP) is 3.56. The molecule has 90 valence electrons. The van der Waals surface area contributed by atoms with Crippen LogP contribution in [0.15, 0.2) is 18.3 Å². The van der Waals surface area contributed by atoms with Crippen molar-refractivity contribution in [3.8, 4) is 0 Å². The van der Waals surface area contributed by atoms with Gasteiger partial charge >= 0.3 is 6.18 Å². The predicted molar refractivity (Wildman–Crippen MR) is 57.2 cm³/mol. The number of halogens is 3. The van der Waals surface area contributed by atoms with Gasteiger partial charge in [0.05, 0.1) is 11.9 Å². The van der Waals surface area contributed by atoms with Crippen molar-refractivity contribution in [2.45, 2.75) is 26.4 Å². The van der Waals surface area contributed by atoms with Gasteiger partial charge in [0.15, 0.2) is 0 Å². The molecule has 1 aromatic heterocycles. The van der Waals surface area contributed by atoms with E-state index in [0.717, 1.165) is 19.0 Å². The lowest BCUT2D eigenvalue weighted by molar-refractivity contribution is -0.141. The van der Waals surface area contributed by atoms with Crippen molar-refractivity contribution in [2.75, 3.05) is 11.9 Å². The molecule has 16 heavy (non-hydrogen) atoms. The molecule has 0 aliphatic heterocycles. The molecule has 2 nitrogen and oxygen atoms in total. The van der Waals surface area contributed by atoms with Crippen molar-refractivity contribution in [1.82, 2.24) is 4.98 Å². The molecule has 0 unspecified atom stereocenters. The summed E-state index contributed by atoms with van der Waals surface area (Å²) in [7, 11) is 0. The van der Waals surface area contributed by atoms with Crippen molar-refractivity contribution >= 4 is 5.69 Å². The highest BCUT2D eigenvalue weighted by Gasteiger charge is 2.31. The van der Waals surface area contributed by atoms with E-state index < -0.39 is 11.9 Å². The summed E-state index contributed by atoms with van der Waals surface area (Å²) in [6, 6.07) is 2.38. The Balaban J connectivity index is 2.52. The molecular formula is C11H15F3N2. The van der Waals surface area contributed by atoms with Crippen LogP contribution in [0.5, 0.6) is 0 Å². The third kappa shape index (κ3) is 4.08. The summed E-state index contributed by atoms with van der Waals surface area (Å²) in [6.07, 6.45) is -2.18. The van der Waals surface area contributed by atoms with E-state index in [4.69, 9.17) is 0 Å². The SMILES string of the molecule is CC(C)CCNc1ccc(C(F)(F)F)nc1. The van der Waals surface area contributed by atoms with Gasteiger partial charge in [-0.2, -0.15) is 13.2 Å². The van der Waals surface area contributed by atoms with E-state index in [9.17, 15) is 13.2 Å². The molecule has 0 fully saturated rings. The number of alkyl halides is 3. The van der Waals surface area contributed by atoms with E-state index >= 15 is 0 Å². The molecule has 1 aromatic rings. The summed E-state index contributed by atoms with van der Waals surface area (Å²) in [4.78, 5) is 3.36. The standard InChI is InChI=1S/C11H15F3N2/c1-8(2)5-6-15-9-3-4-10(16-7-9)11(12,13)14/h3-4,7-8,15H,5-6H2,1-2H3. The highest BCUT2D eigenvalue weighted by atomic mass is 19.4. The fraction of sp³-hybridized carbons (Fsp3) is 0.545. The van der Waals surface area contributed by atoms with Crippen LogP contribution in [0.2, 0.25) is 0 Å². The topological polar surface area (TPSA) is 24.9 Å². The number of anilines is 1. The average Bonchev–Trinajstić information content (AvgIpc) is 2.16. The fourth-order valence-corrected chi connectivity index (χ4v) is 1.17. The van der Waals surface area contributed by atoms with Crippen molar-refractivity contribution in [2.24, 2.45) is 5.92 Å². The van der Waals surface area contributed by atoms with Gasteiger partial charge in [-0.1, -0.05) is 13.8 Å². The second-order valence-electron chi connectivity index (χ2n) is 4.04. The minimum absolute atomic E-state index is 0.565. The van der Waals surface area contributed by atoms with E-state index in [1.807, 2.05) is 0 Å². The van der Waals surface area contributed by atoms with Gasteiger partial charge in [0.2, 0.25) is 0 Å². The minimum atomic E-state index is -4.36. The molecule has 0 bridgehead atoms. The number of nitrogens with zero attached hydrogens (tertiary/aromatic N) is 1. The first kappa shape index (κ1) is 12.8. The van der Waals surface area contributed by atoms with Crippen molar-refractivity contribution in [3.05, 3.63) is 24.0 Å². The maximum atomic E-state index is 12.2. The van der Waals surface area contributed by atoms with Gasteiger partial charge in [0, 0.05) is 6.54 Å². The first-order valence-corrected chi connectivity index (χ1v) is 5.16. The molecule has 0 atom stereocenters. The lowest BCUT2D eigenvalue weighted by Gasteiger charge is -2.09. The summed E-state index contributed by atoms with van der Waals surface area (Å²) < 4.78 is 36.6. The van der Waals surface area contributed by atoms with E-state index in [0.29, 0.717) is 11.6 Å². The van der Waals surface area contributed by atoms with Crippen LogP contribution in [0.3, 0.4) is 0 Å². The molecule has 1 N–H and O–H groups in total. The van der Waals surface area contributed by atoms with Gasteiger partial charge in [-0.05, 0) is 24.5 Å². The number of rotatable bonds is 4. The molecule has 0 radical (unpaired) electrons. The van der Waals surface area contributed by atoms with E-state index in [1.54, 1.807) is 0 Å². The summed E-state index contributed by atoms with van der Waals surface area (Å²) in [5, 5.41) is 3.02. The normalized spacial score (nSPS) is 11.9. The summed E-state index contributed by atoms with van der Waals surface area (Å²) in [5.41, 5.74) is -0.240. The Morgan fingerprint density at radius 1 is 1.31 bits per heavy atom. The Morgan fingerprint density at radius 3 is 2.44 bits per heavy atom. The van der Waals surface area contributed by atoms with Gasteiger partial charge in [0.25, 0.3) is 0 Å². The molecule has 0 aliphatic rings. The monoisotopic (exact) mass is 232 g/mol. The minimum Gasteiger partial charge on any atom is -0.384 e. The Bertz CT molecular complexity index is 317. The highest BCUT2D eigenvalue weighted by Crippen LogP contribution is 2.27. The van der Waals surface area contributed by atoms with Gasteiger partial charge in [-0.3, -0.25) is 0 Å². The van der Waals surface area contributed by atoms with Crippen LogP contribution in [0, 0.1) is 5.92 Å². The lowest BCUT2D eigenvalue weighted by Crippen LogP contribution is -2.09. The molecule has 1 heterocycles. The number of aromatic nitrogens is 1. The van der Waals surface area contributed by atoms with E-state index in [-0.39, 0.29) is 0 Å². The Labute approximate surface area is 92.9 Å². The summed E-state index contributed by atoms with van der Waals surface area (Å²) in [6.45, 7) is 4.92. The van der Waals surface area contributed by atoms with Crippen molar-refractivity contribution in [1.29, 1.82) is 0 Å². The number of hydrogen-bond donors (Lipinski definition) is 1. The number of hydrogen-bond acceptors (Lipinski definition) is 2.